The SMILES string of the molecule is Cc1nccc(N[C@H](C(=O)O)C(C)C)n1. The standard InChI is InChI=1S/C10H15N3O2/c1-6(2)9(10(14)15)13-8-4-5-11-7(3)12-8/h4-6,9H,1-3H3,(H,14,15)(H,11,12,13)/t9-/m0/s1. The van der Waals surface area contributed by atoms with Gasteiger partial charge < -0.3 is 10.4 Å². The number of carboxylic acids is 1. The molecule has 0 aromatic carbocycles. The van der Waals surface area contributed by atoms with Crippen LogP contribution in [0.5, 0.6) is 0 Å². The van der Waals surface area contributed by atoms with Crippen molar-refractivity contribution in [3.63, 3.8) is 0 Å². The Labute approximate surface area is 88.6 Å². The lowest BCUT2D eigenvalue weighted by molar-refractivity contribution is -0.138. The van der Waals surface area contributed by atoms with Gasteiger partial charge in [0.05, 0.1) is 0 Å². The third-order valence-electron chi connectivity index (χ3n) is 2.01. The van der Waals surface area contributed by atoms with Gasteiger partial charge in [-0.25, -0.2) is 14.8 Å². The fraction of sp³-hybridized carbons (Fsp3) is 0.500. The molecule has 1 aromatic rings. The van der Waals surface area contributed by atoms with Crippen LogP contribution in [0.25, 0.3) is 0 Å². The topological polar surface area (TPSA) is 75.1 Å². The highest BCUT2D eigenvalue weighted by molar-refractivity contribution is 5.77. The summed E-state index contributed by atoms with van der Waals surface area (Å²) in [6, 6.07) is 1.03. The molecular weight excluding hydrogens is 194 g/mol. The number of nitrogens with zero attached hydrogens (tertiary/aromatic N) is 2. The number of carboxylic acid groups (broad SMARTS) is 1. The van der Waals surface area contributed by atoms with Crippen molar-refractivity contribution in [1.82, 2.24) is 9.97 Å². The van der Waals surface area contributed by atoms with Crippen LogP contribution in [0, 0.1) is 12.8 Å². The van der Waals surface area contributed by atoms with E-state index in [9.17, 15) is 4.79 Å². The quantitative estimate of drug-likeness (QED) is 0.781. The molecule has 0 spiro atoms. The number of aliphatic carboxylic acids is 1. The Hall–Kier alpha value is -1.65. The third-order valence-corrected chi connectivity index (χ3v) is 2.01. The zero-order chi connectivity index (χ0) is 11.4. The van der Waals surface area contributed by atoms with Gasteiger partial charge in [-0.2, -0.15) is 0 Å². The zero-order valence-electron chi connectivity index (χ0n) is 9.06. The Morgan fingerprint density at radius 1 is 1.53 bits per heavy atom. The predicted octanol–water partition coefficient (Wildman–Crippen LogP) is 1.31. The van der Waals surface area contributed by atoms with Crippen molar-refractivity contribution in [2.75, 3.05) is 5.32 Å². The normalized spacial score (nSPS) is 12.5. The molecule has 5 heteroatoms. The van der Waals surface area contributed by atoms with Gasteiger partial charge in [-0.1, -0.05) is 13.8 Å². The first-order chi connectivity index (χ1) is 7.00. The number of anilines is 1. The van der Waals surface area contributed by atoms with Crippen LogP contribution in [0.15, 0.2) is 12.3 Å². The maximum absolute atomic E-state index is 10.9. The second kappa shape index (κ2) is 4.72. The molecule has 2 N–H and O–H groups in total. The lowest BCUT2D eigenvalue weighted by Gasteiger charge is -2.18. The molecule has 0 aliphatic rings. The predicted molar refractivity (Wildman–Crippen MR) is 56.7 cm³/mol. The van der Waals surface area contributed by atoms with Crippen LogP contribution in [-0.2, 0) is 4.79 Å². The molecule has 0 unspecified atom stereocenters. The van der Waals surface area contributed by atoms with Crippen LogP contribution in [0.3, 0.4) is 0 Å². The fourth-order valence-electron chi connectivity index (χ4n) is 1.21. The Morgan fingerprint density at radius 2 is 2.20 bits per heavy atom. The molecule has 82 valence electrons. The molecule has 0 saturated carbocycles. The van der Waals surface area contributed by atoms with E-state index in [1.165, 1.54) is 0 Å². The minimum absolute atomic E-state index is 0.00206. The number of aromatic nitrogens is 2. The first-order valence-corrected chi connectivity index (χ1v) is 4.79. The maximum Gasteiger partial charge on any atom is 0.326 e. The minimum Gasteiger partial charge on any atom is -0.480 e. The average molecular weight is 209 g/mol. The van der Waals surface area contributed by atoms with Crippen molar-refractivity contribution in [3.8, 4) is 0 Å². The molecule has 1 rings (SSSR count). The van der Waals surface area contributed by atoms with E-state index in [-0.39, 0.29) is 5.92 Å². The molecule has 0 radical (unpaired) electrons. The Kier molecular flexibility index (Phi) is 3.60. The van der Waals surface area contributed by atoms with Gasteiger partial charge in [0.2, 0.25) is 0 Å². The van der Waals surface area contributed by atoms with Gasteiger partial charge in [0.15, 0.2) is 0 Å². The summed E-state index contributed by atoms with van der Waals surface area (Å²) in [4.78, 5) is 19.0. The summed E-state index contributed by atoms with van der Waals surface area (Å²) in [6.45, 7) is 5.45. The molecule has 0 aliphatic heterocycles. The Balaban J connectivity index is 2.79. The summed E-state index contributed by atoms with van der Waals surface area (Å²) in [5.41, 5.74) is 0. The summed E-state index contributed by atoms with van der Waals surface area (Å²) in [6.07, 6.45) is 1.60. The van der Waals surface area contributed by atoms with Crippen LogP contribution >= 0.6 is 0 Å². The number of hydrogen-bond donors (Lipinski definition) is 2. The van der Waals surface area contributed by atoms with E-state index >= 15 is 0 Å². The Bertz CT molecular complexity index is 352. The number of hydrogen-bond acceptors (Lipinski definition) is 4. The molecule has 0 fully saturated rings. The number of carbonyl (C=O) groups is 1. The highest BCUT2D eigenvalue weighted by Gasteiger charge is 2.21. The second-order valence-electron chi connectivity index (χ2n) is 3.69. The molecule has 0 aliphatic carbocycles. The van der Waals surface area contributed by atoms with Crippen molar-refractivity contribution < 1.29 is 9.90 Å². The summed E-state index contributed by atoms with van der Waals surface area (Å²) in [5.74, 6) is 0.288. The van der Waals surface area contributed by atoms with E-state index in [0.29, 0.717) is 11.6 Å². The van der Waals surface area contributed by atoms with Crippen molar-refractivity contribution >= 4 is 11.8 Å². The minimum atomic E-state index is -0.874. The Morgan fingerprint density at radius 3 is 2.67 bits per heavy atom. The molecule has 15 heavy (non-hydrogen) atoms. The van der Waals surface area contributed by atoms with E-state index in [0.717, 1.165) is 0 Å². The largest absolute Gasteiger partial charge is 0.480 e. The molecular formula is C10H15N3O2. The van der Waals surface area contributed by atoms with Crippen LogP contribution in [-0.4, -0.2) is 27.1 Å². The number of aryl methyl sites for hydroxylation is 1. The smallest absolute Gasteiger partial charge is 0.326 e. The molecule has 0 saturated heterocycles. The summed E-state index contributed by atoms with van der Waals surface area (Å²) in [7, 11) is 0. The first-order valence-electron chi connectivity index (χ1n) is 4.79. The lowest BCUT2D eigenvalue weighted by atomic mass is 10.1. The van der Waals surface area contributed by atoms with Gasteiger partial charge in [-0.15, -0.1) is 0 Å². The highest BCUT2D eigenvalue weighted by atomic mass is 16.4. The highest BCUT2D eigenvalue weighted by Crippen LogP contribution is 2.10. The molecule has 1 aromatic heterocycles. The van der Waals surface area contributed by atoms with E-state index < -0.39 is 12.0 Å². The van der Waals surface area contributed by atoms with Gasteiger partial charge in [-0.3, -0.25) is 0 Å². The average Bonchev–Trinajstić information content (AvgIpc) is 2.13. The van der Waals surface area contributed by atoms with Crippen LogP contribution in [0.2, 0.25) is 0 Å². The molecule has 0 amide bonds. The van der Waals surface area contributed by atoms with Crippen molar-refractivity contribution in [2.45, 2.75) is 26.8 Å². The van der Waals surface area contributed by atoms with Crippen molar-refractivity contribution in [3.05, 3.63) is 18.1 Å². The fourth-order valence-corrected chi connectivity index (χ4v) is 1.21. The number of nitrogens with one attached hydrogen (secondary N) is 1. The molecule has 1 atom stereocenters. The van der Waals surface area contributed by atoms with Crippen LogP contribution in [0.4, 0.5) is 5.82 Å². The summed E-state index contributed by atoms with van der Waals surface area (Å²) in [5, 5.41) is 11.8. The summed E-state index contributed by atoms with van der Waals surface area (Å²) < 4.78 is 0. The second-order valence-corrected chi connectivity index (χ2v) is 3.69. The van der Waals surface area contributed by atoms with Crippen molar-refractivity contribution in [1.29, 1.82) is 0 Å². The molecule has 1 heterocycles. The van der Waals surface area contributed by atoms with Crippen LogP contribution < -0.4 is 5.32 Å². The monoisotopic (exact) mass is 209 g/mol. The summed E-state index contributed by atoms with van der Waals surface area (Å²) >= 11 is 0. The first kappa shape index (κ1) is 11.4. The van der Waals surface area contributed by atoms with Gasteiger partial charge in [0.1, 0.15) is 17.7 Å². The van der Waals surface area contributed by atoms with E-state index in [1.807, 2.05) is 13.8 Å². The zero-order valence-corrected chi connectivity index (χ0v) is 9.06. The van der Waals surface area contributed by atoms with Gasteiger partial charge in [0.25, 0.3) is 0 Å². The van der Waals surface area contributed by atoms with Gasteiger partial charge in [0, 0.05) is 6.20 Å². The number of rotatable bonds is 4. The third kappa shape index (κ3) is 3.19. The van der Waals surface area contributed by atoms with Gasteiger partial charge >= 0.3 is 5.97 Å². The van der Waals surface area contributed by atoms with E-state index in [1.54, 1.807) is 19.2 Å². The molecule has 5 nitrogen and oxygen atoms in total. The van der Waals surface area contributed by atoms with E-state index in [2.05, 4.69) is 15.3 Å². The maximum atomic E-state index is 10.9. The van der Waals surface area contributed by atoms with Crippen LogP contribution in [0.1, 0.15) is 19.7 Å². The molecule has 0 bridgehead atoms. The van der Waals surface area contributed by atoms with Gasteiger partial charge in [-0.05, 0) is 18.9 Å². The van der Waals surface area contributed by atoms with Crippen molar-refractivity contribution in [2.24, 2.45) is 5.92 Å². The van der Waals surface area contributed by atoms with E-state index in [4.69, 9.17) is 5.11 Å². The lowest BCUT2D eigenvalue weighted by Crippen LogP contribution is -2.34.